The first kappa shape index (κ1) is 12.1. The molecule has 0 unspecified atom stereocenters. The number of nitriles is 1. The van der Waals surface area contributed by atoms with E-state index in [0.717, 1.165) is 22.4 Å². The highest BCUT2D eigenvalue weighted by atomic mass is 16.3. The van der Waals surface area contributed by atoms with Crippen LogP contribution in [0.5, 0.6) is 0 Å². The van der Waals surface area contributed by atoms with Crippen molar-refractivity contribution in [2.75, 3.05) is 0 Å². The third kappa shape index (κ3) is 2.17. The molecule has 96 valence electrons. The number of rotatable bonds is 2. The Kier molecular flexibility index (Phi) is 3.02. The lowest BCUT2D eigenvalue weighted by atomic mass is 10.1. The van der Waals surface area contributed by atoms with Gasteiger partial charge in [-0.25, -0.2) is 4.98 Å². The van der Waals surface area contributed by atoms with Crippen LogP contribution in [0.25, 0.3) is 22.7 Å². The van der Waals surface area contributed by atoms with Crippen LogP contribution in [-0.2, 0) is 0 Å². The minimum Gasteiger partial charge on any atom is -0.444 e. The number of nitrogens with zero attached hydrogens (tertiary/aromatic N) is 3. The average Bonchev–Trinajstić information content (AvgIpc) is 2.97. The van der Waals surface area contributed by atoms with Gasteiger partial charge in [-0.1, -0.05) is 0 Å². The Morgan fingerprint density at radius 1 is 1.15 bits per heavy atom. The molecule has 0 amide bonds. The van der Waals surface area contributed by atoms with Gasteiger partial charge in [-0.15, -0.1) is 0 Å². The summed E-state index contributed by atoms with van der Waals surface area (Å²) in [5.74, 6) is 0.535. The Balaban J connectivity index is 1.98. The van der Waals surface area contributed by atoms with Gasteiger partial charge in [0.2, 0.25) is 5.89 Å². The number of benzene rings is 1. The molecule has 0 atom stereocenters. The van der Waals surface area contributed by atoms with Crippen molar-refractivity contribution in [3.63, 3.8) is 0 Å². The molecule has 4 heteroatoms. The minimum atomic E-state index is 0.535. The van der Waals surface area contributed by atoms with Crippen LogP contribution in [-0.4, -0.2) is 9.97 Å². The fourth-order valence-electron chi connectivity index (χ4n) is 1.95. The van der Waals surface area contributed by atoms with Crippen molar-refractivity contribution in [3.8, 4) is 28.8 Å². The smallest absolute Gasteiger partial charge is 0.226 e. The molecule has 0 saturated carbocycles. The molecule has 0 aliphatic rings. The van der Waals surface area contributed by atoms with Crippen LogP contribution in [0.2, 0.25) is 0 Å². The average molecular weight is 261 g/mol. The molecule has 3 aromatic rings. The number of hydrogen-bond donors (Lipinski definition) is 0. The van der Waals surface area contributed by atoms with Crippen molar-refractivity contribution in [2.24, 2.45) is 0 Å². The summed E-state index contributed by atoms with van der Waals surface area (Å²) in [6, 6.07) is 11.2. The lowest BCUT2D eigenvalue weighted by molar-refractivity contribution is 0.575. The molecule has 0 aliphatic heterocycles. The van der Waals surface area contributed by atoms with Crippen LogP contribution in [0.4, 0.5) is 0 Å². The van der Waals surface area contributed by atoms with Crippen molar-refractivity contribution in [1.82, 2.24) is 9.97 Å². The predicted molar refractivity (Wildman–Crippen MR) is 74.6 cm³/mol. The highest BCUT2D eigenvalue weighted by Crippen LogP contribution is 2.26. The molecular formula is C16H11N3O. The molecule has 0 radical (unpaired) electrons. The van der Waals surface area contributed by atoms with Crippen molar-refractivity contribution in [3.05, 3.63) is 60.1 Å². The third-order valence-corrected chi connectivity index (χ3v) is 3.08. The first-order chi connectivity index (χ1) is 9.78. The third-order valence-electron chi connectivity index (χ3n) is 3.08. The zero-order valence-corrected chi connectivity index (χ0v) is 10.9. The minimum absolute atomic E-state index is 0.535. The first-order valence-corrected chi connectivity index (χ1v) is 6.15. The summed E-state index contributed by atoms with van der Waals surface area (Å²) in [7, 11) is 0. The maximum atomic E-state index is 8.79. The van der Waals surface area contributed by atoms with Gasteiger partial charge in [0.05, 0.1) is 11.6 Å². The van der Waals surface area contributed by atoms with Crippen molar-refractivity contribution >= 4 is 0 Å². The molecule has 20 heavy (non-hydrogen) atoms. The van der Waals surface area contributed by atoms with E-state index in [2.05, 4.69) is 16.0 Å². The Morgan fingerprint density at radius 3 is 2.65 bits per heavy atom. The summed E-state index contributed by atoms with van der Waals surface area (Å²) in [4.78, 5) is 8.59. The first-order valence-electron chi connectivity index (χ1n) is 6.15. The second-order valence-electron chi connectivity index (χ2n) is 4.42. The molecule has 0 bridgehead atoms. The van der Waals surface area contributed by atoms with Gasteiger partial charge in [-0.2, -0.15) is 5.26 Å². The Hall–Kier alpha value is -2.93. The SMILES string of the molecule is Cc1ccncc1-c1coc(-c2ccc(C#N)cc2)n1. The normalized spacial score (nSPS) is 10.2. The maximum Gasteiger partial charge on any atom is 0.226 e. The van der Waals surface area contributed by atoms with E-state index in [9.17, 15) is 0 Å². The van der Waals surface area contributed by atoms with E-state index in [1.165, 1.54) is 0 Å². The Bertz CT molecular complexity index is 782. The molecule has 0 saturated heterocycles. The fourth-order valence-corrected chi connectivity index (χ4v) is 1.95. The number of aryl methyl sites for hydroxylation is 1. The molecule has 1 aromatic carbocycles. The molecule has 0 fully saturated rings. The van der Waals surface area contributed by atoms with E-state index in [1.807, 2.05) is 25.1 Å². The largest absolute Gasteiger partial charge is 0.444 e. The summed E-state index contributed by atoms with van der Waals surface area (Å²) < 4.78 is 5.51. The van der Waals surface area contributed by atoms with Crippen molar-refractivity contribution < 1.29 is 4.42 Å². The lowest BCUT2D eigenvalue weighted by Gasteiger charge is -1.99. The zero-order chi connectivity index (χ0) is 13.9. The van der Waals surface area contributed by atoms with Gasteiger partial charge in [-0.3, -0.25) is 4.98 Å². The molecular weight excluding hydrogens is 250 g/mol. The van der Waals surface area contributed by atoms with Crippen LogP contribution < -0.4 is 0 Å². The van der Waals surface area contributed by atoms with E-state index >= 15 is 0 Å². The quantitative estimate of drug-likeness (QED) is 0.707. The molecule has 3 rings (SSSR count). The van der Waals surface area contributed by atoms with Gasteiger partial charge in [0.15, 0.2) is 0 Å². The molecule has 2 heterocycles. The Labute approximate surface area is 116 Å². The number of oxazole rings is 1. The van der Waals surface area contributed by atoms with Gasteiger partial charge < -0.3 is 4.42 Å². The van der Waals surface area contributed by atoms with Gasteiger partial charge in [0.1, 0.15) is 12.0 Å². The number of hydrogen-bond acceptors (Lipinski definition) is 4. The molecule has 2 aromatic heterocycles. The van der Waals surface area contributed by atoms with Gasteiger partial charge in [-0.05, 0) is 42.8 Å². The second kappa shape index (κ2) is 4.98. The highest BCUT2D eigenvalue weighted by Gasteiger charge is 2.10. The summed E-state index contributed by atoms with van der Waals surface area (Å²) in [6.45, 7) is 2.01. The van der Waals surface area contributed by atoms with E-state index in [1.54, 1.807) is 30.8 Å². The second-order valence-corrected chi connectivity index (χ2v) is 4.42. The summed E-state index contributed by atoms with van der Waals surface area (Å²) in [6.07, 6.45) is 5.15. The van der Waals surface area contributed by atoms with Crippen LogP contribution in [0, 0.1) is 18.3 Å². The Morgan fingerprint density at radius 2 is 1.95 bits per heavy atom. The van der Waals surface area contributed by atoms with Crippen LogP contribution >= 0.6 is 0 Å². The molecule has 0 N–H and O–H groups in total. The van der Waals surface area contributed by atoms with Gasteiger partial charge in [0, 0.05) is 23.5 Å². The van der Waals surface area contributed by atoms with Crippen LogP contribution in [0.3, 0.4) is 0 Å². The summed E-state index contributed by atoms with van der Waals surface area (Å²) in [5.41, 5.74) is 4.27. The molecule has 0 aliphatic carbocycles. The lowest BCUT2D eigenvalue weighted by Crippen LogP contribution is -1.85. The van der Waals surface area contributed by atoms with Crippen LogP contribution in [0.15, 0.2) is 53.4 Å². The van der Waals surface area contributed by atoms with E-state index < -0.39 is 0 Å². The zero-order valence-electron chi connectivity index (χ0n) is 10.9. The monoisotopic (exact) mass is 261 g/mol. The molecule has 0 spiro atoms. The van der Waals surface area contributed by atoms with E-state index in [0.29, 0.717) is 11.5 Å². The topological polar surface area (TPSA) is 62.7 Å². The standard InChI is InChI=1S/C16H11N3O/c1-11-6-7-18-9-14(11)15-10-20-16(19-15)13-4-2-12(8-17)3-5-13/h2-7,9-10H,1H3. The fraction of sp³-hybridized carbons (Fsp3) is 0.0625. The van der Waals surface area contributed by atoms with Crippen LogP contribution in [0.1, 0.15) is 11.1 Å². The van der Waals surface area contributed by atoms with Gasteiger partial charge >= 0.3 is 0 Å². The highest BCUT2D eigenvalue weighted by molar-refractivity contribution is 5.65. The van der Waals surface area contributed by atoms with Gasteiger partial charge in [0.25, 0.3) is 0 Å². The number of aromatic nitrogens is 2. The molecule has 4 nitrogen and oxygen atoms in total. The van der Waals surface area contributed by atoms with E-state index in [4.69, 9.17) is 9.68 Å². The van der Waals surface area contributed by atoms with Crippen molar-refractivity contribution in [2.45, 2.75) is 6.92 Å². The number of pyridine rings is 1. The van der Waals surface area contributed by atoms with E-state index in [-0.39, 0.29) is 0 Å². The predicted octanol–water partition coefficient (Wildman–Crippen LogP) is 3.58. The summed E-state index contributed by atoms with van der Waals surface area (Å²) in [5, 5.41) is 8.79. The summed E-state index contributed by atoms with van der Waals surface area (Å²) >= 11 is 0. The van der Waals surface area contributed by atoms with Crippen molar-refractivity contribution in [1.29, 1.82) is 5.26 Å². The maximum absolute atomic E-state index is 8.79.